The van der Waals surface area contributed by atoms with Gasteiger partial charge in [0.2, 0.25) is 5.96 Å². The van der Waals surface area contributed by atoms with E-state index in [4.69, 9.17) is 4.99 Å². The zero-order valence-corrected chi connectivity index (χ0v) is 15.2. The Morgan fingerprint density at radius 3 is 2.52 bits per heavy atom. The van der Waals surface area contributed by atoms with Crippen LogP contribution in [-0.4, -0.2) is 23.9 Å². The Morgan fingerprint density at radius 1 is 1.09 bits per heavy atom. The molecule has 4 heteroatoms. The molecule has 0 radical (unpaired) electrons. The Bertz CT molecular complexity index is 718. The van der Waals surface area contributed by atoms with E-state index in [1.54, 1.807) is 0 Å². The molecule has 2 aromatic rings. The molecule has 1 aliphatic rings. The molecule has 0 spiro atoms. The molecule has 1 N–H and O–H groups in total. The molecule has 0 atom stereocenters. The number of nitrogens with one attached hydrogen (secondary N) is 1. The number of hydrogen-bond donors (Lipinski definition) is 1. The van der Waals surface area contributed by atoms with Crippen molar-refractivity contribution in [3.63, 3.8) is 0 Å². The van der Waals surface area contributed by atoms with Crippen LogP contribution in [-0.2, 0) is 0 Å². The van der Waals surface area contributed by atoms with Gasteiger partial charge in [0.25, 0.3) is 0 Å². The van der Waals surface area contributed by atoms with Gasteiger partial charge in [0, 0.05) is 17.6 Å². The van der Waals surface area contributed by atoms with Gasteiger partial charge in [0.15, 0.2) is 0 Å². The summed E-state index contributed by atoms with van der Waals surface area (Å²) in [6, 6.07) is 14.6. The van der Waals surface area contributed by atoms with Crippen LogP contribution in [0.1, 0.15) is 24.0 Å². The van der Waals surface area contributed by atoms with E-state index in [2.05, 4.69) is 64.3 Å². The number of hydrogen-bond acceptors (Lipinski definition) is 1. The molecule has 3 rings (SSSR count). The lowest BCUT2D eigenvalue weighted by Crippen LogP contribution is -2.33. The third-order valence-corrected chi connectivity index (χ3v) is 4.80. The zero-order chi connectivity index (χ0) is 16.2. The first kappa shape index (κ1) is 16.1. The predicted octanol–water partition coefficient (Wildman–Crippen LogP) is 5.26. The molecule has 0 aliphatic carbocycles. The maximum absolute atomic E-state index is 4.93. The normalized spacial score (nSPS) is 15.1. The number of anilines is 1. The Hall–Kier alpha value is -1.81. The minimum Gasteiger partial charge on any atom is -0.342 e. The third-order valence-electron chi connectivity index (χ3n) is 4.10. The van der Waals surface area contributed by atoms with Crippen LogP contribution >= 0.6 is 15.9 Å². The van der Waals surface area contributed by atoms with Gasteiger partial charge in [-0.05, 0) is 66.4 Å². The first-order valence-corrected chi connectivity index (χ1v) is 8.85. The Morgan fingerprint density at radius 2 is 1.83 bits per heavy atom. The van der Waals surface area contributed by atoms with Crippen molar-refractivity contribution in [2.45, 2.75) is 26.7 Å². The Kier molecular flexibility index (Phi) is 5.01. The van der Waals surface area contributed by atoms with Gasteiger partial charge in [-0.2, -0.15) is 0 Å². The van der Waals surface area contributed by atoms with Crippen LogP contribution in [0.25, 0.3) is 0 Å². The summed E-state index contributed by atoms with van der Waals surface area (Å²) in [5.74, 6) is 0.932. The molecule has 120 valence electrons. The number of aliphatic imine (C=N–C) groups is 1. The van der Waals surface area contributed by atoms with Crippen molar-refractivity contribution in [3.8, 4) is 0 Å². The smallest absolute Gasteiger partial charge is 0.203 e. The monoisotopic (exact) mass is 371 g/mol. The quantitative estimate of drug-likeness (QED) is 0.575. The number of guanidine groups is 1. The molecule has 1 aliphatic heterocycles. The highest BCUT2D eigenvalue weighted by molar-refractivity contribution is 9.10. The largest absolute Gasteiger partial charge is 0.342 e. The fourth-order valence-electron chi connectivity index (χ4n) is 2.83. The second-order valence-electron chi connectivity index (χ2n) is 6.02. The van der Waals surface area contributed by atoms with Crippen molar-refractivity contribution in [1.82, 2.24) is 4.90 Å². The third kappa shape index (κ3) is 3.94. The molecule has 0 bridgehead atoms. The minimum absolute atomic E-state index is 0.932. The summed E-state index contributed by atoms with van der Waals surface area (Å²) in [5, 5.41) is 3.51. The number of rotatable bonds is 2. The summed E-state index contributed by atoms with van der Waals surface area (Å²) in [7, 11) is 0. The fourth-order valence-corrected chi connectivity index (χ4v) is 3.22. The van der Waals surface area contributed by atoms with Crippen LogP contribution in [0, 0.1) is 13.8 Å². The molecule has 3 nitrogen and oxygen atoms in total. The van der Waals surface area contributed by atoms with Crippen molar-refractivity contribution >= 4 is 33.3 Å². The summed E-state index contributed by atoms with van der Waals surface area (Å²) >= 11 is 3.61. The highest BCUT2D eigenvalue weighted by Gasteiger charge is 2.17. The van der Waals surface area contributed by atoms with E-state index in [1.165, 1.54) is 24.0 Å². The van der Waals surface area contributed by atoms with E-state index >= 15 is 0 Å². The van der Waals surface area contributed by atoms with Crippen molar-refractivity contribution < 1.29 is 0 Å². The maximum atomic E-state index is 4.93. The molecule has 0 saturated carbocycles. The predicted molar refractivity (Wildman–Crippen MR) is 102 cm³/mol. The van der Waals surface area contributed by atoms with Crippen LogP contribution in [0.5, 0.6) is 0 Å². The van der Waals surface area contributed by atoms with Crippen molar-refractivity contribution in [2.75, 3.05) is 18.4 Å². The molecule has 0 unspecified atom stereocenters. The standard InChI is InChI=1S/C19H22BrN3/c1-14-9-10-17(15(2)13-14)21-19(23-11-5-6-12-23)22-18-8-4-3-7-16(18)20/h3-4,7-10,13H,5-6,11-12H2,1-2H3,(H,21,22). The summed E-state index contributed by atoms with van der Waals surface area (Å²) in [6.45, 7) is 6.34. The molecule has 1 heterocycles. The number of likely N-dealkylation sites (tertiary alicyclic amines) is 1. The van der Waals surface area contributed by atoms with E-state index in [0.29, 0.717) is 0 Å². The second kappa shape index (κ2) is 7.18. The first-order chi connectivity index (χ1) is 11.1. The number of aryl methyl sites for hydroxylation is 2. The van der Waals surface area contributed by atoms with Gasteiger partial charge < -0.3 is 10.2 Å². The molecule has 1 saturated heterocycles. The van der Waals surface area contributed by atoms with Crippen LogP contribution in [0.3, 0.4) is 0 Å². The van der Waals surface area contributed by atoms with E-state index in [1.807, 2.05) is 18.2 Å². The van der Waals surface area contributed by atoms with Crippen LogP contribution in [0.4, 0.5) is 11.4 Å². The first-order valence-electron chi connectivity index (χ1n) is 8.06. The van der Waals surface area contributed by atoms with Crippen LogP contribution in [0.2, 0.25) is 0 Å². The highest BCUT2D eigenvalue weighted by atomic mass is 79.9. The van der Waals surface area contributed by atoms with Crippen molar-refractivity contribution in [2.24, 2.45) is 4.99 Å². The zero-order valence-electron chi connectivity index (χ0n) is 13.6. The average Bonchev–Trinajstić information content (AvgIpc) is 3.05. The van der Waals surface area contributed by atoms with Crippen LogP contribution in [0.15, 0.2) is 51.9 Å². The molecular weight excluding hydrogens is 350 g/mol. The van der Waals surface area contributed by atoms with Gasteiger partial charge in [0.1, 0.15) is 0 Å². The Balaban J connectivity index is 1.95. The number of halogens is 1. The lowest BCUT2D eigenvalue weighted by atomic mass is 10.1. The number of benzene rings is 2. The number of nitrogens with zero attached hydrogens (tertiary/aromatic N) is 2. The highest BCUT2D eigenvalue weighted by Crippen LogP contribution is 2.25. The molecule has 0 aromatic heterocycles. The van der Waals surface area contributed by atoms with Gasteiger partial charge in [-0.1, -0.05) is 29.8 Å². The lowest BCUT2D eigenvalue weighted by molar-refractivity contribution is 0.518. The summed E-state index contributed by atoms with van der Waals surface area (Å²) in [5.41, 5.74) is 4.54. The van der Waals surface area contributed by atoms with Crippen molar-refractivity contribution in [1.29, 1.82) is 0 Å². The van der Waals surface area contributed by atoms with Gasteiger partial charge in [-0.3, -0.25) is 0 Å². The fraction of sp³-hybridized carbons (Fsp3) is 0.316. The van der Waals surface area contributed by atoms with Crippen molar-refractivity contribution in [3.05, 3.63) is 58.1 Å². The van der Waals surface area contributed by atoms with Gasteiger partial charge in [0.05, 0.1) is 11.4 Å². The van der Waals surface area contributed by atoms with E-state index < -0.39 is 0 Å². The summed E-state index contributed by atoms with van der Waals surface area (Å²) in [4.78, 5) is 7.26. The van der Waals surface area contributed by atoms with Crippen LogP contribution < -0.4 is 5.32 Å². The molecule has 23 heavy (non-hydrogen) atoms. The van der Waals surface area contributed by atoms with E-state index in [-0.39, 0.29) is 0 Å². The summed E-state index contributed by atoms with van der Waals surface area (Å²) in [6.07, 6.45) is 2.45. The molecule has 2 aromatic carbocycles. The summed E-state index contributed by atoms with van der Waals surface area (Å²) < 4.78 is 1.05. The minimum atomic E-state index is 0.932. The molecule has 0 amide bonds. The van der Waals surface area contributed by atoms with E-state index in [0.717, 1.165) is 34.9 Å². The lowest BCUT2D eigenvalue weighted by Gasteiger charge is -2.22. The molecular formula is C19H22BrN3. The maximum Gasteiger partial charge on any atom is 0.203 e. The number of para-hydroxylation sites is 1. The Labute approximate surface area is 146 Å². The average molecular weight is 372 g/mol. The van der Waals surface area contributed by atoms with Gasteiger partial charge in [-0.25, -0.2) is 4.99 Å². The van der Waals surface area contributed by atoms with Gasteiger partial charge in [-0.15, -0.1) is 0 Å². The van der Waals surface area contributed by atoms with Gasteiger partial charge >= 0.3 is 0 Å². The SMILES string of the molecule is Cc1ccc(N=C(Nc2ccccc2Br)N2CCCC2)c(C)c1. The van der Waals surface area contributed by atoms with E-state index in [9.17, 15) is 0 Å². The topological polar surface area (TPSA) is 27.6 Å². The second-order valence-corrected chi connectivity index (χ2v) is 6.88. The molecule has 1 fully saturated rings.